The fraction of sp³-hybridized carbons (Fsp3) is 0.348. The molecule has 154 valence electrons. The first kappa shape index (κ1) is 19.0. The zero-order chi connectivity index (χ0) is 20.7. The average molecular weight is 406 g/mol. The maximum Gasteiger partial charge on any atom is 0.338 e. The quantitative estimate of drug-likeness (QED) is 0.725. The lowest BCUT2D eigenvalue weighted by molar-refractivity contribution is -0.176. The summed E-state index contributed by atoms with van der Waals surface area (Å²) < 4.78 is 5.64. The maximum atomic E-state index is 13.2. The molecule has 1 spiro atoms. The highest BCUT2D eigenvalue weighted by Gasteiger charge is 2.54. The van der Waals surface area contributed by atoms with Gasteiger partial charge in [0.05, 0.1) is 23.7 Å². The Hall–Kier alpha value is -3.03. The largest absolute Gasteiger partial charge is 0.381 e. The molecular formula is C23H22N2O5. The predicted molar refractivity (Wildman–Crippen MR) is 106 cm³/mol. The lowest BCUT2D eigenvalue weighted by Crippen LogP contribution is -2.41. The second kappa shape index (κ2) is 7.34. The molecule has 3 heterocycles. The van der Waals surface area contributed by atoms with Gasteiger partial charge in [0.25, 0.3) is 11.8 Å². The van der Waals surface area contributed by atoms with Crippen molar-refractivity contribution in [2.75, 3.05) is 26.3 Å². The van der Waals surface area contributed by atoms with Crippen LogP contribution in [0.25, 0.3) is 0 Å². The molecule has 2 atom stereocenters. The van der Waals surface area contributed by atoms with Crippen molar-refractivity contribution in [1.29, 1.82) is 0 Å². The predicted octanol–water partition coefficient (Wildman–Crippen LogP) is 2.28. The van der Waals surface area contributed by atoms with Gasteiger partial charge in [0.15, 0.2) is 0 Å². The maximum absolute atomic E-state index is 13.2. The highest BCUT2D eigenvalue weighted by atomic mass is 16.7. The topological polar surface area (TPSA) is 76.2 Å². The molecule has 0 saturated carbocycles. The third kappa shape index (κ3) is 3.11. The van der Waals surface area contributed by atoms with Crippen LogP contribution < -0.4 is 0 Å². The first-order valence-corrected chi connectivity index (χ1v) is 10.1. The summed E-state index contributed by atoms with van der Waals surface area (Å²) in [5.41, 5.74) is 1.32. The van der Waals surface area contributed by atoms with Gasteiger partial charge in [-0.05, 0) is 24.1 Å². The first-order valence-electron chi connectivity index (χ1n) is 10.1. The Kier molecular flexibility index (Phi) is 4.64. The Morgan fingerprint density at radius 1 is 1.03 bits per heavy atom. The van der Waals surface area contributed by atoms with Crippen molar-refractivity contribution in [3.63, 3.8) is 0 Å². The van der Waals surface area contributed by atoms with Crippen LogP contribution in [0.15, 0.2) is 54.6 Å². The van der Waals surface area contributed by atoms with Gasteiger partial charge in [-0.15, -0.1) is 0 Å². The molecule has 30 heavy (non-hydrogen) atoms. The monoisotopic (exact) mass is 406 g/mol. The summed E-state index contributed by atoms with van der Waals surface area (Å²) in [6, 6.07) is 16.6. The fourth-order valence-electron chi connectivity index (χ4n) is 4.78. The van der Waals surface area contributed by atoms with E-state index < -0.39 is 23.7 Å². The van der Waals surface area contributed by atoms with E-state index in [1.165, 1.54) is 5.56 Å². The van der Waals surface area contributed by atoms with Crippen LogP contribution >= 0.6 is 0 Å². The summed E-state index contributed by atoms with van der Waals surface area (Å²) in [4.78, 5) is 45.9. The number of likely N-dealkylation sites (tertiary alicyclic amines) is 1. The molecular weight excluding hydrogens is 384 g/mol. The number of rotatable bonds is 4. The van der Waals surface area contributed by atoms with Crippen molar-refractivity contribution >= 4 is 17.8 Å². The number of ether oxygens (including phenoxy) is 1. The molecule has 7 nitrogen and oxygen atoms in total. The number of hydrogen-bond acceptors (Lipinski definition) is 6. The lowest BCUT2D eigenvalue weighted by atomic mass is 9.77. The Morgan fingerprint density at radius 2 is 1.70 bits per heavy atom. The number of carbonyl (C=O) groups excluding carboxylic acids is 3. The zero-order valence-corrected chi connectivity index (χ0v) is 16.5. The van der Waals surface area contributed by atoms with Crippen molar-refractivity contribution in [3.05, 3.63) is 71.3 Å². The molecule has 3 aliphatic rings. The normalized spacial score (nSPS) is 25.9. The summed E-state index contributed by atoms with van der Waals surface area (Å²) in [6.45, 7) is 3.00. The van der Waals surface area contributed by atoms with Crippen molar-refractivity contribution in [2.45, 2.75) is 13.0 Å². The summed E-state index contributed by atoms with van der Waals surface area (Å²) in [7, 11) is 0. The SMILES string of the molecule is O=C(ON1C(=O)c2ccccc2C1=O)C1CN(Cc2ccccc2)CC12CCOC2. The molecule has 2 saturated heterocycles. The molecule has 2 aromatic rings. The van der Waals surface area contributed by atoms with Crippen LogP contribution in [0.1, 0.15) is 32.7 Å². The molecule has 2 fully saturated rings. The van der Waals surface area contributed by atoms with Crippen molar-refractivity contribution in [2.24, 2.45) is 11.3 Å². The van der Waals surface area contributed by atoms with E-state index in [0.717, 1.165) is 13.0 Å². The van der Waals surface area contributed by atoms with Gasteiger partial charge in [-0.25, -0.2) is 4.79 Å². The van der Waals surface area contributed by atoms with Crippen molar-refractivity contribution in [3.8, 4) is 0 Å². The van der Waals surface area contributed by atoms with Crippen molar-refractivity contribution < 1.29 is 24.0 Å². The molecule has 0 N–H and O–H groups in total. The molecule has 5 rings (SSSR count). The van der Waals surface area contributed by atoms with Gasteiger partial charge in [0.1, 0.15) is 0 Å². The summed E-state index contributed by atoms with van der Waals surface area (Å²) >= 11 is 0. The van der Waals surface area contributed by atoms with E-state index in [2.05, 4.69) is 17.0 Å². The molecule has 0 aromatic heterocycles. The summed E-state index contributed by atoms with van der Waals surface area (Å²) in [6.07, 6.45) is 0.750. The number of hydrogen-bond donors (Lipinski definition) is 0. The highest BCUT2D eigenvalue weighted by Crippen LogP contribution is 2.44. The highest BCUT2D eigenvalue weighted by molar-refractivity contribution is 6.20. The summed E-state index contributed by atoms with van der Waals surface area (Å²) in [5.74, 6) is -2.21. The molecule has 0 bridgehead atoms. The summed E-state index contributed by atoms with van der Waals surface area (Å²) in [5, 5.41) is 0.608. The van der Waals surface area contributed by atoms with Gasteiger partial charge in [0.2, 0.25) is 0 Å². The van der Waals surface area contributed by atoms with Crippen LogP contribution in [0, 0.1) is 11.3 Å². The Morgan fingerprint density at radius 3 is 2.33 bits per heavy atom. The van der Waals surface area contributed by atoms with Crippen LogP contribution in [0.3, 0.4) is 0 Å². The number of fused-ring (bicyclic) bond motifs is 1. The number of hydroxylamine groups is 2. The van der Waals surface area contributed by atoms with Gasteiger partial charge < -0.3 is 9.57 Å². The van der Waals surface area contributed by atoms with E-state index >= 15 is 0 Å². The smallest absolute Gasteiger partial charge is 0.338 e. The van der Waals surface area contributed by atoms with Crippen LogP contribution in [0.5, 0.6) is 0 Å². The molecule has 2 unspecified atom stereocenters. The van der Waals surface area contributed by atoms with Crippen LogP contribution in [0.4, 0.5) is 0 Å². The molecule has 2 amide bonds. The Balaban J connectivity index is 1.34. The molecule has 0 aliphatic carbocycles. The van der Waals surface area contributed by atoms with E-state index in [1.54, 1.807) is 24.3 Å². The average Bonchev–Trinajstić information content (AvgIpc) is 3.44. The van der Waals surface area contributed by atoms with E-state index in [1.807, 2.05) is 18.2 Å². The molecule has 3 aliphatic heterocycles. The molecule has 7 heteroatoms. The minimum Gasteiger partial charge on any atom is -0.381 e. The van der Waals surface area contributed by atoms with E-state index in [9.17, 15) is 14.4 Å². The van der Waals surface area contributed by atoms with Gasteiger partial charge in [-0.3, -0.25) is 14.5 Å². The Bertz CT molecular complexity index is 965. The molecule has 2 aromatic carbocycles. The third-order valence-electron chi connectivity index (χ3n) is 6.32. The standard InChI is InChI=1S/C23H22N2O5/c26-20-17-8-4-5-9-18(17)21(27)25(20)30-22(28)19-13-24(12-16-6-2-1-3-7-16)14-23(19)10-11-29-15-23/h1-9,19H,10-15H2. The first-order chi connectivity index (χ1) is 14.6. The van der Waals surface area contributed by atoms with Gasteiger partial charge in [0, 0.05) is 31.7 Å². The lowest BCUT2D eigenvalue weighted by Gasteiger charge is -2.27. The van der Waals surface area contributed by atoms with Crippen molar-refractivity contribution in [1.82, 2.24) is 9.96 Å². The van der Waals surface area contributed by atoms with Crippen LogP contribution in [-0.4, -0.2) is 54.1 Å². The Labute approximate surface area is 174 Å². The van der Waals surface area contributed by atoms with E-state index in [4.69, 9.17) is 9.57 Å². The second-order valence-electron chi connectivity index (χ2n) is 8.23. The van der Waals surface area contributed by atoms with Gasteiger partial charge in [-0.2, -0.15) is 0 Å². The number of benzene rings is 2. The van der Waals surface area contributed by atoms with Crippen LogP contribution in [-0.2, 0) is 20.9 Å². The fourth-order valence-corrected chi connectivity index (χ4v) is 4.78. The number of nitrogens with zero attached hydrogens (tertiary/aromatic N) is 2. The van der Waals surface area contributed by atoms with Gasteiger partial charge in [-0.1, -0.05) is 47.5 Å². The van der Waals surface area contributed by atoms with Gasteiger partial charge >= 0.3 is 5.97 Å². The second-order valence-corrected chi connectivity index (χ2v) is 8.23. The molecule has 0 radical (unpaired) electrons. The van der Waals surface area contributed by atoms with E-state index in [-0.39, 0.29) is 16.5 Å². The van der Waals surface area contributed by atoms with Crippen LogP contribution in [0.2, 0.25) is 0 Å². The number of amides is 2. The van der Waals surface area contributed by atoms with E-state index in [0.29, 0.717) is 31.4 Å². The minimum atomic E-state index is -0.597. The third-order valence-corrected chi connectivity index (χ3v) is 6.32. The zero-order valence-electron chi connectivity index (χ0n) is 16.5. The number of imide groups is 1. The minimum absolute atomic E-state index is 0.256. The number of carbonyl (C=O) groups is 3.